The molecular weight excluding hydrogens is 128 g/mol. The fourth-order valence-electron chi connectivity index (χ4n) is 1.06. The summed E-state index contributed by atoms with van der Waals surface area (Å²) in [6.45, 7) is 0. The molecule has 0 aliphatic carbocycles. The molecule has 2 aromatic rings. The maximum absolute atomic E-state index is 5.14. The fourth-order valence-corrected chi connectivity index (χ4v) is 1.06. The van der Waals surface area contributed by atoms with E-state index in [1.807, 2.05) is 30.1 Å². The van der Waals surface area contributed by atoms with Crippen molar-refractivity contribution in [3.63, 3.8) is 0 Å². The van der Waals surface area contributed by atoms with Gasteiger partial charge in [-0.25, -0.2) is 0 Å². The third-order valence-corrected chi connectivity index (χ3v) is 1.55. The van der Waals surface area contributed by atoms with Crippen LogP contribution in [0.3, 0.4) is 0 Å². The quantitative estimate of drug-likeness (QED) is 0.642. The van der Waals surface area contributed by atoms with E-state index in [-0.39, 0.29) is 0 Å². The van der Waals surface area contributed by atoms with Crippen molar-refractivity contribution < 1.29 is 4.42 Å². The van der Waals surface area contributed by atoms with Crippen LogP contribution in [0.1, 0.15) is 0 Å². The van der Waals surface area contributed by atoms with Gasteiger partial charge in [-0.15, -0.1) is 0 Å². The summed E-state index contributed by atoms with van der Waals surface area (Å²) in [6, 6.07) is 3.84. The van der Waals surface area contributed by atoms with Gasteiger partial charge in [0.25, 0.3) is 0 Å². The normalized spacial score (nSPS) is 10.5. The van der Waals surface area contributed by atoms with Crippen LogP contribution in [0.25, 0.3) is 11.1 Å². The molecule has 3 nitrogen and oxygen atoms in total. The summed E-state index contributed by atoms with van der Waals surface area (Å²) < 4.78 is 7.04. The first-order valence-corrected chi connectivity index (χ1v) is 3.14. The zero-order chi connectivity index (χ0) is 6.97. The molecule has 0 radical (unpaired) electrons. The average molecular weight is 136 g/mol. The van der Waals surface area contributed by atoms with Crippen LogP contribution in [0.15, 0.2) is 29.0 Å². The molecule has 0 aliphatic heterocycles. The second kappa shape index (κ2) is 1.80. The van der Waals surface area contributed by atoms with Crippen LogP contribution < -0.4 is 5.43 Å². The van der Waals surface area contributed by atoms with Gasteiger partial charge in [-0.05, 0) is 0 Å². The Kier molecular flexibility index (Phi) is 0.974. The topological polar surface area (TPSA) is 30.1 Å². The van der Waals surface area contributed by atoms with Crippen molar-refractivity contribution in [3.05, 3.63) is 24.6 Å². The van der Waals surface area contributed by atoms with Crippen LogP contribution in [-0.4, -0.2) is 11.7 Å². The third-order valence-electron chi connectivity index (χ3n) is 1.55. The Bertz CT molecular complexity index is 334. The molecule has 3 heteroatoms. The molecule has 0 unspecified atom stereocenters. The number of rotatable bonds is 1. The highest BCUT2D eigenvalue weighted by molar-refractivity contribution is 5.74. The summed E-state index contributed by atoms with van der Waals surface area (Å²) >= 11 is 0. The van der Waals surface area contributed by atoms with Crippen LogP contribution in [0.2, 0.25) is 0 Å². The molecule has 1 N–H and O–H groups in total. The molecule has 10 heavy (non-hydrogen) atoms. The van der Waals surface area contributed by atoms with Gasteiger partial charge in [-0.2, -0.15) is 0 Å². The van der Waals surface area contributed by atoms with Crippen molar-refractivity contribution in [2.45, 2.75) is 0 Å². The maximum Gasteiger partial charge on any atom is 0.153 e. The molecule has 52 valence electrons. The van der Waals surface area contributed by atoms with E-state index in [2.05, 4.69) is 5.43 Å². The van der Waals surface area contributed by atoms with E-state index in [0.29, 0.717) is 0 Å². The molecule has 2 rings (SSSR count). The lowest BCUT2D eigenvalue weighted by Crippen LogP contribution is -2.05. The first kappa shape index (κ1) is 5.41. The number of fused-ring (bicyclic) bond motifs is 1. The van der Waals surface area contributed by atoms with Crippen molar-refractivity contribution in [3.8, 4) is 0 Å². The Morgan fingerprint density at radius 1 is 1.50 bits per heavy atom. The van der Waals surface area contributed by atoms with Crippen molar-refractivity contribution in [2.75, 3.05) is 12.5 Å². The van der Waals surface area contributed by atoms with Gasteiger partial charge in [0.1, 0.15) is 5.52 Å². The lowest BCUT2D eigenvalue weighted by atomic mass is 10.5. The zero-order valence-electron chi connectivity index (χ0n) is 5.66. The molecule has 2 aromatic heterocycles. The van der Waals surface area contributed by atoms with E-state index in [1.54, 1.807) is 6.26 Å². The van der Waals surface area contributed by atoms with Crippen LogP contribution in [-0.2, 0) is 0 Å². The number of nitrogens with one attached hydrogen (secondary N) is 1. The SMILES string of the molecule is CNn1ccc2occc21. The molecule has 0 amide bonds. The highest BCUT2D eigenvalue weighted by Crippen LogP contribution is 2.14. The second-order valence-electron chi connectivity index (χ2n) is 2.08. The van der Waals surface area contributed by atoms with Crippen molar-refractivity contribution in [2.24, 2.45) is 0 Å². The number of nitrogens with zero attached hydrogens (tertiary/aromatic N) is 1. The van der Waals surface area contributed by atoms with E-state index in [0.717, 1.165) is 11.1 Å². The molecule has 0 aliphatic rings. The van der Waals surface area contributed by atoms with Gasteiger partial charge in [0.05, 0.1) is 6.26 Å². The largest absolute Gasteiger partial charge is 0.463 e. The molecule has 0 saturated carbocycles. The lowest BCUT2D eigenvalue weighted by molar-refractivity contribution is 0.616. The van der Waals surface area contributed by atoms with Gasteiger partial charge in [0.2, 0.25) is 0 Å². The molecule has 2 heterocycles. The number of aromatic nitrogens is 1. The summed E-state index contributed by atoms with van der Waals surface area (Å²) in [5.74, 6) is 0. The molecule has 0 bridgehead atoms. The van der Waals surface area contributed by atoms with Gasteiger partial charge in [-0.1, -0.05) is 0 Å². The second-order valence-corrected chi connectivity index (χ2v) is 2.08. The van der Waals surface area contributed by atoms with Gasteiger partial charge >= 0.3 is 0 Å². The van der Waals surface area contributed by atoms with Crippen molar-refractivity contribution >= 4 is 11.1 Å². The highest BCUT2D eigenvalue weighted by Gasteiger charge is 1.99. The summed E-state index contributed by atoms with van der Waals surface area (Å²) in [5.41, 5.74) is 4.98. The summed E-state index contributed by atoms with van der Waals surface area (Å²) in [4.78, 5) is 0. The molecule has 0 fully saturated rings. The molecule has 0 aromatic carbocycles. The molecule has 0 saturated heterocycles. The Labute approximate surface area is 58.2 Å². The van der Waals surface area contributed by atoms with Crippen LogP contribution in [0.4, 0.5) is 0 Å². The first-order valence-electron chi connectivity index (χ1n) is 3.14. The van der Waals surface area contributed by atoms with Gasteiger partial charge in [0, 0.05) is 25.4 Å². The Morgan fingerprint density at radius 3 is 3.20 bits per heavy atom. The average Bonchev–Trinajstić information content (AvgIpc) is 2.44. The number of hydrogen-bond donors (Lipinski definition) is 1. The van der Waals surface area contributed by atoms with Gasteiger partial charge < -0.3 is 9.84 Å². The summed E-state index contributed by atoms with van der Waals surface area (Å²) in [7, 11) is 1.87. The Morgan fingerprint density at radius 2 is 2.40 bits per heavy atom. The van der Waals surface area contributed by atoms with E-state index < -0.39 is 0 Å². The third kappa shape index (κ3) is 0.543. The standard InChI is InChI=1S/C7H8N2O/c1-8-9-4-2-7-6(9)3-5-10-7/h2-5,8H,1H3. The van der Waals surface area contributed by atoms with Crippen molar-refractivity contribution in [1.82, 2.24) is 4.68 Å². The van der Waals surface area contributed by atoms with Crippen LogP contribution in [0, 0.1) is 0 Å². The Balaban J connectivity index is 2.76. The highest BCUT2D eigenvalue weighted by atomic mass is 16.3. The van der Waals surface area contributed by atoms with E-state index in [1.165, 1.54) is 0 Å². The predicted molar refractivity (Wildman–Crippen MR) is 39.5 cm³/mol. The minimum atomic E-state index is 0.911. The van der Waals surface area contributed by atoms with Gasteiger partial charge in [-0.3, -0.25) is 4.68 Å². The summed E-state index contributed by atoms with van der Waals surface area (Å²) in [6.07, 6.45) is 3.60. The smallest absolute Gasteiger partial charge is 0.153 e. The molecule has 0 spiro atoms. The lowest BCUT2D eigenvalue weighted by Gasteiger charge is -1.98. The fraction of sp³-hybridized carbons (Fsp3) is 0.143. The molecule has 0 atom stereocenters. The van der Waals surface area contributed by atoms with E-state index in [9.17, 15) is 0 Å². The minimum Gasteiger partial charge on any atom is -0.463 e. The molecular formula is C7H8N2O. The monoisotopic (exact) mass is 136 g/mol. The van der Waals surface area contributed by atoms with E-state index in [4.69, 9.17) is 4.42 Å². The maximum atomic E-state index is 5.14. The van der Waals surface area contributed by atoms with E-state index >= 15 is 0 Å². The van der Waals surface area contributed by atoms with Crippen molar-refractivity contribution in [1.29, 1.82) is 0 Å². The van der Waals surface area contributed by atoms with Crippen LogP contribution >= 0.6 is 0 Å². The zero-order valence-corrected chi connectivity index (χ0v) is 5.66. The minimum absolute atomic E-state index is 0.911. The first-order chi connectivity index (χ1) is 4.92. The number of hydrogen-bond acceptors (Lipinski definition) is 2. The van der Waals surface area contributed by atoms with Crippen LogP contribution in [0.5, 0.6) is 0 Å². The summed E-state index contributed by atoms with van der Waals surface area (Å²) in [5, 5.41) is 0. The predicted octanol–water partition coefficient (Wildman–Crippen LogP) is 1.41. The van der Waals surface area contributed by atoms with Gasteiger partial charge in [0.15, 0.2) is 5.58 Å². The number of furan rings is 1. The Hall–Kier alpha value is -1.38.